The first-order chi connectivity index (χ1) is 20.4. The van der Waals surface area contributed by atoms with E-state index < -0.39 is 23.8 Å². The predicted octanol–water partition coefficient (Wildman–Crippen LogP) is 4.38. The second-order valence-corrected chi connectivity index (χ2v) is 12.1. The van der Waals surface area contributed by atoms with Gasteiger partial charge in [-0.3, -0.25) is 39.1 Å². The van der Waals surface area contributed by atoms with Crippen LogP contribution in [0.5, 0.6) is 0 Å². The number of piperidine rings is 1. The molecule has 10 nitrogen and oxygen atoms in total. The van der Waals surface area contributed by atoms with Crippen molar-refractivity contribution in [1.29, 1.82) is 0 Å². The van der Waals surface area contributed by atoms with Gasteiger partial charge in [0, 0.05) is 42.0 Å². The molecular formula is C32H34N6O4. The molecule has 3 fully saturated rings. The Kier molecular flexibility index (Phi) is 6.63. The highest BCUT2D eigenvalue weighted by atomic mass is 16.2. The summed E-state index contributed by atoms with van der Waals surface area (Å²) < 4.78 is 2.18. The predicted molar refractivity (Wildman–Crippen MR) is 155 cm³/mol. The third-order valence-electron chi connectivity index (χ3n) is 9.03. The van der Waals surface area contributed by atoms with Gasteiger partial charge in [0.1, 0.15) is 6.04 Å². The van der Waals surface area contributed by atoms with Crippen molar-refractivity contribution in [3.05, 3.63) is 65.1 Å². The number of pyridine rings is 1. The zero-order valence-electron chi connectivity index (χ0n) is 23.6. The molecule has 1 saturated heterocycles. The Morgan fingerprint density at radius 2 is 1.79 bits per heavy atom. The van der Waals surface area contributed by atoms with Crippen LogP contribution in [0.25, 0.3) is 11.3 Å². The van der Waals surface area contributed by atoms with Gasteiger partial charge in [-0.15, -0.1) is 0 Å². The number of nitrogens with zero attached hydrogens (tertiary/aromatic N) is 4. The number of imide groups is 2. The highest BCUT2D eigenvalue weighted by molar-refractivity contribution is 6.23. The van der Waals surface area contributed by atoms with Crippen LogP contribution in [0.4, 0.5) is 5.69 Å². The Morgan fingerprint density at radius 3 is 2.55 bits per heavy atom. The van der Waals surface area contributed by atoms with Gasteiger partial charge in [-0.05, 0) is 88.1 Å². The van der Waals surface area contributed by atoms with Gasteiger partial charge in [0.05, 0.1) is 28.6 Å². The van der Waals surface area contributed by atoms with Crippen molar-refractivity contribution in [3.8, 4) is 11.3 Å². The van der Waals surface area contributed by atoms with Crippen LogP contribution in [0.1, 0.15) is 95.4 Å². The highest BCUT2D eigenvalue weighted by Gasteiger charge is 2.44. The van der Waals surface area contributed by atoms with E-state index in [1.54, 1.807) is 18.2 Å². The van der Waals surface area contributed by atoms with E-state index >= 15 is 0 Å². The minimum atomic E-state index is -0.953. The molecule has 1 unspecified atom stereocenters. The Balaban J connectivity index is 0.911. The molecule has 10 heteroatoms. The fraction of sp³-hybridized carbons (Fsp3) is 0.438. The minimum Gasteiger partial charge on any atom is -0.385 e. The lowest BCUT2D eigenvalue weighted by Gasteiger charge is -2.35. The summed E-state index contributed by atoms with van der Waals surface area (Å²) in [5.41, 5.74) is 5.79. The first kappa shape index (κ1) is 26.6. The molecule has 2 aromatic heterocycles. The second-order valence-electron chi connectivity index (χ2n) is 12.1. The van der Waals surface area contributed by atoms with Crippen LogP contribution >= 0.6 is 0 Å². The van der Waals surface area contributed by atoms with E-state index in [1.165, 1.54) is 24.1 Å². The smallest absolute Gasteiger partial charge is 0.262 e. The Labute approximate surface area is 243 Å². The maximum absolute atomic E-state index is 13.1. The van der Waals surface area contributed by atoms with Crippen molar-refractivity contribution in [2.24, 2.45) is 5.92 Å². The van der Waals surface area contributed by atoms with Crippen molar-refractivity contribution in [2.45, 2.75) is 76.3 Å². The van der Waals surface area contributed by atoms with Gasteiger partial charge in [-0.1, -0.05) is 6.07 Å². The molecule has 0 spiro atoms. The summed E-state index contributed by atoms with van der Waals surface area (Å²) in [7, 11) is 0. The van der Waals surface area contributed by atoms with E-state index in [-0.39, 0.29) is 18.7 Å². The largest absolute Gasteiger partial charge is 0.385 e. The van der Waals surface area contributed by atoms with Gasteiger partial charge in [0.25, 0.3) is 11.8 Å². The standard InChI is InChI=1S/C32H34N6O4/c1-18-4-2-6-26(34-18)25-17-37(36-29(25)20-7-8-20)22-14-19(15-22)5-3-13-33-21-9-10-23-24(16-21)32(42)38(31(23)41)27-11-12-28(39)35-30(27)40/h2,4,6,9-10,16-17,19-20,22,27,33H,3,5,7-8,11-15H2,1H3,(H,35,39,40)/t19-,22-,27?. The van der Waals surface area contributed by atoms with Crippen molar-refractivity contribution in [3.63, 3.8) is 0 Å². The van der Waals surface area contributed by atoms with Gasteiger partial charge in [-0.25, -0.2) is 0 Å². The van der Waals surface area contributed by atoms with Gasteiger partial charge >= 0.3 is 0 Å². The van der Waals surface area contributed by atoms with Crippen LogP contribution in [0.3, 0.4) is 0 Å². The van der Waals surface area contributed by atoms with Gasteiger partial charge in [0.2, 0.25) is 11.8 Å². The number of benzene rings is 1. The number of hydrogen-bond donors (Lipinski definition) is 2. The number of carbonyl (C=O) groups excluding carboxylic acids is 4. The molecule has 2 aliphatic heterocycles. The molecule has 42 heavy (non-hydrogen) atoms. The molecule has 4 aliphatic rings. The normalized spacial score (nSPS) is 23.5. The Morgan fingerprint density at radius 1 is 0.976 bits per heavy atom. The molecule has 2 aliphatic carbocycles. The van der Waals surface area contributed by atoms with Gasteiger partial charge in [0.15, 0.2) is 0 Å². The average Bonchev–Trinajstić information content (AvgIpc) is 3.66. The van der Waals surface area contributed by atoms with Crippen LogP contribution in [0.2, 0.25) is 0 Å². The molecule has 3 aromatic rings. The number of fused-ring (bicyclic) bond motifs is 1. The maximum atomic E-state index is 13.1. The molecule has 0 radical (unpaired) electrons. The van der Waals surface area contributed by atoms with Crippen LogP contribution in [-0.4, -0.2) is 55.9 Å². The molecule has 1 atom stereocenters. The van der Waals surface area contributed by atoms with E-state index in [0.29, 0.717) is 29.0 Å². The monoisotopic (exact) mass is 566 g/mol. The summed E-state index contributed by atoms with van der Waals surface area (Å²) in [5.74, 6) is -0.730. The number of amides is 4. The molecule has 0 bridgehead atoms. The van der Waals surface area contributed by atoms with Crippen LogP contribution in [0.15, 0.2) is 42.6 Å². The second kappa shape index (κ2) is 10.5. The Hall–Kier alpha value is -4.34. The lowest BCUT2D eigenvalue weighted by molar-refractivity contribution is -0.136. The zero-order valence-corrected chi connectivity index (χ0v) is 23.6. The topological polar surface area (TPSA) is 126 Å². The van der Waals surface area contributed by atoms with Crippen molar-refractivity contribution in [1.82, 2.24) is 25.0 Å². The number of aryl methyl sites for hydroxylation is 1. The number of rotatable bonds is 9. The number of nitrogens with one attached hydrogen (secondary N) is 2. The summed E-state index contributed by atoms with van der Waals surface area (Å²) in [6.45, 7) is 2.79. The first-order valence-electron chi connectivity index (χ1n) is 15.0. The third kappa shape index (κ3) is 4.88. The van der Waals surface area contributed by atoms with Crippen molar-refractivity contribution in [2.75, 3.05) is 11.9 Å². The lowest BCUT2D eigenvalue weighted by Crippen LogP contribution is -2.54. The molecule has 7 rings (SSSR count). The van der Waals surface area contributed by atoms with Crippen LogP contribution in [-0.2, 0) is 9.59 Å². The minimum absolute atomic E-state index is 0.105. The number of aromatic nitrogens is 3. The van der Waals surface area contributed by atoms with Crippen molar-refractivity contribution < 1.29 is 19.2 Å². The molecule has 4 amide bonds. The first-order valence-corrected chi connectivity index (χ1v) is 15.0. The number of hydrogen-bond acceptors (Lipinski definition) is 7. The fourth-order valence-corrected chi connectivity index (χ4v) is 6.50. The van der Waals surface area contributed by atoms with Gasteiger partial charge < -0.3 is 5.32 Å². The number of carbonyl (C=O) groups is 4. The molecule has 4 heterocycles. The zero-order chi connectivity index (χ0) is 29.0. The highest BCUT2D eigenvalue weighted by Crippen LogP contribution is 2.46. The van der Waals surface area contributed by atoms with Crippen LogP contribution in [0, 0.1) is 12.8 Å². The van der Waals surface area contributed by atoms with E-state index in [4.69, 9.17) is 10.1 Å². The lowest BCUT2D eigenvalue weighted by atomic mass is 9.77. The molecule has 2 saturated carbocycles. The van der Waals surface area contributed by atoms with E-state index in [9.17, 15) is 19.2 Å². The van der Waals surface area contributed by atoms with E-state index in [1.807, 2.05) is 13.0 Å². The summed E-state index contributed by atoms with van der Waals surface area (Å²) in [5, 5.41) is 10.6. The summed E-state index contributed by atoms with van der Waals surface area (Å²) in [6.07, 6.45) is 9.23. The maximum Gasteiger partial charge on any atom is 0.262 e. The van der Waals surface area contributed by atoms with Crippen LogP contribution < -0.4 is 10.6 Å². The molecule has 2 N–H and O–H groups in total. The van der Waals surface area contributed by atoms with Gasteiger partial charge in [-0.2, -0.15) is 5.10 Å². The molecule has 1 aromatic carbocycles. The summed E-state index contributed by atoms with van der Waals surface area (Å²) in [4.78, 5) is 55.5. The Bertz CT molecular complexity index is 1600. The number of anilines is 1. The SMILES string of the molecule is Cc1cccc(-c2cn([C@H]3C[C@H](CCCNc4ccc5c(c4)C(=O)N(C4CCC(=O)NC4=O)C5=O)C3)nc2C2CC2)n1. The van der Waals surface area contributed by atoms with E-state index in [0.717, 1.165) is 54.2 Å². The average molecular weight is 567 g/mol. The quantitative estimate of drug-likeness (QED) is 0.291. The molecule has 216 valence electrons. The summed E-state index contributed by atoms with van der Waals surface area (Å²) in [6, 6.07) is 10.8. The molecular weight excluding hydrogens is 532 g/mol. The fourth-order valence-electron chi connectivity index (χ4n) is 6.50. The van der Waals surface area contributed by atoms with Crippen molar-refractivity contribution >= 4 is 29.3 Å². The third-order valence-corrected chi connectivity index (χ3v) is 9.03. The summed E-state index contributed by atoms with van der Waals surface area (Å²) >= 11 is 0. The van der Waals surface area contributed by atoms with E-state index in [2.05, 4.69) is 33.6 Å².